The number of hydrogen-bond donors (Lipinski definition) is 0. The lowest BCUT2D eigenvalue weighted by atomic mass is 9.78. The SMILES string of the molecule is CC1(C)CC(=O)c2sc(N3CCOC[C@@H]3Cc3cccc(-c4cccc(OC(F)(F)F)c4)c3)nc2C1. The Balaban J connectivity index is 1.37. The molecule has 3 aromatic rings. The number of carbonyl (C=O) groups excluding carboxylic acids is 1. The monoisotopic (exact) mass is 516 g/mol. The molecule has 2 heterocycles. The smallest absolute Gasteiger partial charge is 0.406 e. The molecule has 0 unspecified atom stereocenters. The van der Waals surface area contributed by atoms with Gasteiger partial charge < -0.3 is 14.4 Å². The van der Waals surface area contributed by atoms with Gasteiger partial charge in [-0.05, 0) is 47.1 Å². The van der Waals surface area contributed by atoms with Gasteiger partial charge in [-0.3, -0.25) is 4.79 Å². The van der Waals surface area contributed by atoms with Crippen LogP contribution in [0.3, 0.4) is 0 Å². The highest BCUT2D eigenvalue weighted by Crippen LogP contribution is 2.40. The first kappa shape index (κ1) is 24.8. The summed E-state index contributed by atoms with van der Waals surface area (Å²) in [6.07, 6.45) is -2.73. The van der Waals surface area contributed by atoms with E-state index in [1.165, 1.54) is 23.5 Å². The van der Waals surface area contributed by atoms with E-state index in [0.717, 1.165) is 33.3 Å². The summed E-state index contributed by atoms with van der Waals surface area (Å²) in [6, 6.07) is 13.8. The molecule has 0 saturated carbocycles. The number of rotatable bonds is 5. The van der Waals surface area contributed by atoms with Gasteiger partial charge in [-0.15, -0.1) is 13.2 Å². The molecule has 1 saturated heterocycles. The summed E-state index contributed by atoms with van der Waals surface area (Å²) in [6.45, 7) is 6.00. The average Bonchev–Trinajstić information content (AvgIpc) is 3.22. The Kier molecular flexibility index (Phi) is 6.55. The second-order valence-corrected chi connectivity index (χ2v) is 11.1. The first-order valence-electron chi connectivity index (χ1n) is 11.9. The molecule has 0 amide bonds. The lowest BCUT2D eigenvalue weighted by molar-refractivity contribution is -0.274. The number of alkyl halides is 3. The number of thiazole rings is 1. The summed E-state index contributed by atoms with van der Waals surface area (Å²) in [5.41, 5.74) is 3.30. The molecule has 1 aliphatic heterocycles. The van der Waals surface area contributed by atoms with E-state index in [1.807, 2.05) is 24.3 Å². The van der Waals surface area contributed by atoms with E-state index in [-0.39, 0.29) is 23.0 Å². The zero-order valence-corrected chi connectivity index (χ0v) is 20.9. The number of carbonyl (C=O) groups is 1. The van der Waals surface area contributed by atoms with Crippen LogP contribution in [-0.2, 0) is 17.6 Å². The number of hydrogen-bond acceptors (Lipinski definition) is 6. The normalized spacial score (nSPS) is 19.8. The van der Waals surface area contributed by atoms with Crippen molar-refractivity contribution >= 4 is 22.3 Å². The summed E-state index contributed by atoms with van der Waals surface area (Å²) in [5.74, 6) is -0.0815. The van der Waals surface area contributed by atoms with Crippen LogP contribution >= 0.6 is 11.3 Å². The van der Waals surface area contributed by atoms with E-state index in [2.05, 4.69) is 23.5 Å². The fourth-order valence-electron chi connectivity index (χ4n) is 4.93. The number of ketones is 1. The second kappa shape index (κ2) is 9.52. The number of fused-ring (bicyclic) bond motifs is 1. The molecule has 9 heteroatoms. The molecule has 2 aliphatic rings. The molecule has 1 fully saturated rings. The summed E-state index contributed by atoms with van der Waals surface area (Å²) >= 11 is 1.47. The molecule has 0 bridgehead atoms. The molecular weight excluding hydrogens is 489 g/mol. The Morgan fingerprint density at radius 1 is 1.14 bits per heavy atom. The van der Waals surface area contributed by atoms with Crippen molar-refractivity contribution < 1.29 is 27.4 Å². The third-order valence-electron chi connectivity index (χ3n) is 6.50. The van der Waals surface area contributed by atoms with Gasteiger partial charge >= 0.3 is 6.36 Å². The number of benzene rings is 2. The van der Waals surface area contributed by atoms with E-state index in [4.69, 9.17) is 9.72 Å². The number of anilines is 1. The topological polar surface area (TPSA) is 51.7 Å². The second-order valence-electron chi connectivity index (χ2n) is 10.1. The van der Waals surface area contributed by atoms with Crippen LogP contribution in [0.2, 0.25) is 0 Å². The number of ether oxygens (including phenoxy) is 2. The molecule has 1 aliphatic carbocycles. The van der Waals surface area contributed by atoms with Crippen molar-refractivity contribution in [2.24, 2.45) is 5.41 Å². The van der Waals surface area contributed by atoms with Gasteiger partial charge in [0.1, 0.15) is 5.75 Å². The van der Waals surface area contributed by atoms with Gasteiger partial charge in [0.05, 0.1) is 29.8 Å². The van der Waals surface area contributed by atoms with Crippen LogP contribution in [-0.4, -0.2) is 42.9 Å². The van der Waals surface area contributed by atoms with Crippen molar-refractivity contribution in [3.05, 3.63) is 64.7 Å². The maximum absolute atomic E-state index is 12.7. The molecule has 1 atom stereocenters. The molecule has 0 radical (unpaired) electrons. The van der Waals surface area contributed by atoms with Crippen molar-refractivity contribution in [2.45, 2.75) is 45.5 Å². The van der Waals surface area contributed by atoms with Crippen LogP contribution in [0, 0.1) is 5.41 Å². The Hall–Kier alpha value is -2.91. The minimum Gasteiger partial charge on any atom is -0.406 e. The minimum absolute atomic E-state index is 0.0320. The Morgan fingerprint density at radius 3 is 2.67 bits per heavy atom. The predicted molar refractivity (Wildman–Crippen MR) is 133 cm³/mol. The molecule has 0 spiro atoms. The number of nitrogens with zero attached hydrogens (tertiary/aromatic N) is 2. The number of aromatic nitrogens is 1. The van der Waals surface area contributed by atoms with Gasteiger partial charge in [-0.1, -0.05) is 61.6 Å². The van der Waals surface area contributed by atoms with Crippen LogP contribution in [0.5, 0.6) is 5.75 Å². The fourth-order valence-corrected chi connectivity index (χ4v) is 6.05. The lowest BCUT2D eigenvalue weighted by Gasteiger charge is -2.35. The molecular formula is C27H27F3N2O3S. The number of morpholine rings is 1. The third-order valence-corrected chi connectivity index (χ3v) is 7.67. The van der Waals surface area contributed by atoms with Crippen LogP contribution in [0.1, 0.15) is 41.2 Å². The van der Waals surface area contributed by atoms with Crippen molar-refractivity contribution in [2.75, 3.05) is 24.7 Å². The van der Waals surface area contributed by atoms with E-state index >= 15 is 0 Å². The minimum atomic E-state index is -4.74. The van der Waals surface area contributed by atoms with Crippen molar-refractivity contribution in [3.63, 3.8) is 0 Å². The summed E-state index contributed by atoms with van der Waals surface area (Å²) in [5, 5.41) is 0.854. The Labute approximate surface area is 211 Å². The quantitative estimate of drug-likeness (QED) is 0.398. The maximum Gasteiger partial charge on any atom is 0.573 e. The lowest BCUT2D eigenvalue weighted by Crippen LogP contribution is -2.46. The van der Waals surface area contributed by atoms with Gasteiger partial charge in [0.15, 0.2) is 10.9 Å². The van der Waals surface area contributed by atoms with E-state index in [1.54, 1.807) is 12.1 Å². The Bertz CT molecular complexity index is 1270. The van der Waals surface area contributed by atoms with E-state index in [0.29, 0.717) is 38.2 Å². The van der Waals surface area contributed by atoms with Crippen LogP contribution < -0.4 is 9.64 Å². The largest absolute Gasteiger partial charge is 0.573 e. The predicted octanol–water partition coefficient (Wildman–Crippen LogP) is 6.31. The fraction of sp³-hybridized carbons (Fsp3) is 0.407. The van der Waals surface area contributed by atoms with Gasteiger partial charge in [-0.25, -0.2) is 4.98 Å². The zero-order valence-electron chi connectivity index (χ0n) is 20.1. The summed E-state index contributed by atoms with van der Waals surface area (Å²) in [4.78, 5) is 20.6. The molecule has 5 rings (SSSR count). The van der Waals surface area contributed by atoms with Crippen LogP contribution in [0.25, 0.3) is 11.1 Å². The Morgan fingerprint density at radius 2 is 1.89 bits per heavy atom. The zero-order chi connectivity index (χ0) is 25.5. The van der Waals surface area contributed by atoms with Crippen molar-refractivity contribution in [3.8, 4) is 16.9 Å². The van der Waals surface area contributed by atoms with Gasteiger partial charge in [0.25, 0.3) is 0 Å². The van der Waals surface area contributed by atoms with Crippen molar-refractivity contribution in [1.29, 1.82) is 0 Å². The maximum atomic E-state index is 12.7. The number of halogens is 3. The number of Topliss-reactive ketones (excluding diaryl/α,β-unsaturated/α-hetero) is 1. The van der Waals surface area contributed by atoms with Crippen LogP contribution in [0.15, 0.2) is 48.5 Å². The average molecular weight is 517 g/mol. The van der Waals surface area contributed by atoms with Crippen molar-refractivity contribution in [1.82, 2.24) is 4.98 Å². The summed E-state index contributed by atoms with van der Waals surface area (Å²) in [7, 11) is 0. The standard InChI is InChI=1S/C27H27F3N2O3S/c1-26(2)14-22-24(23(33)15-26)36-25(31-22)32-9-10-34-16-20(32)12-17-5-3-6-18(11-17)19-7-4-8-21(13-19)35-27(28,29)30/h3-8,11,13,20H,9-10,12,14-16H2,1-2H3/t20-/m0/s1. The highest BCUT2D eigenvalue weighted by molar-refractivity contribution is 7.17. The summed E-state index contributed by atoms with van der Waals surface area (Å²) < 4.78 is 47.8. The van der Waals surface area contributed by atoms with E-state index < -0.39 is 6.36 Å². The van der Waals surface area contributed by atoms with E-state index in [9.17, 15) is 18.0 Å². The van der Waals surface area contributed by atoms with Gasteiger partial charge in [-0.2, -0.15) is 0 Å². The molecule has 0 N–H and O–H groups in total. The van der Waals surface area contributed by atoms with Gasteiger partial charge in [0.2, 0.25) is 0 Å². The molecule has 36 heavy (non-hydrogen) atoms. The highest BCUT2D eigenvalue weighted by Gasteiger charge is 2.36. The molecule has 2 aromatic carbocycles. The molecule has 190 valence electrons. The highest BCUT2D eigenvalue weighted by atomic mass is 32.1. The third kappa shape index (κ3) is 5.57. The first-order valence-corrected chi connectivity index (χ1v) is 12.7. The first-order chi connectivity index (χ1) is 17.1. The van der Waals surface area contributed by atoms with Crippen LogP contribution in [0.4, 0.5) is 18.3 Å². The molecule has 1 aromatic heterocycles. The molecule has 5 nitrogen and oxygen atoms in total. The van der Waals surface area contributed by atoms with Gasteiger partial charge in [0, 0.05) is 13.0 Å².